The molecule has 0 atom stereocenters. The minimum Gasteiger partial charge on any atom is -0.488 e. The zero-order valence-corrected chi connectivity index (χ0v) is 20.3. The zero-order valence-electron chi connectivity index (χ0n) is 20.3. The third-order valence-electron chi connectivity index (χ3n) is 6.90. The van der Waals surface area contributed by atoms with Gasteiger partial charge >= 0.3 is 0 Å². The molecule has 2 fully saturated rings. The van der Waals surface area contributed by atoms with Crippen LogP contribution in [0.3, 0.4) is 0 Å². The lowest BCUT2D eigenvalue weighted by atomic mass is 9.93. The molecule has 0 radical (unpaired) electrons. The Kier molecular flexibility index (Phi) is 6.33. The average Bonchev–Trinajstić information content (AvgIpc) is 3.45. The van der Waals surface area contributed by atoms with Gasteiger partial charge in [-0.05, 0) is 50.8 Å². The summed E-state index contributed by atoms with van der Waals surface area (Å²) in [5, 5.41) is 11.3. The van der Waals surface area contributed by atoms with Crippen LogP contribution in [0.4, 0.5) is 11.5 Å². The largest absolute Gasteiger partial charge is 0.488 e. The van der Waals surface area contributed by atoms with Gasteiger partial charge in [0.15, 0.2) is 0 Å². The topological polar surface area (TPSA) is 111 Å². The van der Waals surface area contributed by atoms with Crippen LogP contribution in [0.1, 0.15) is 31.4 Å². The number of nitrogens with one attached hydrogen (secondary N) is 1. The van der Waals surface area contributed by atoms with Crippen molar-refractivity contribution in [2.75, 3.05) is 36.5 Å². The van der Waals surface area contributed by atoms with Crippen LogP contribution in [0, 0.1) is 6.92 Å². The maximum absolute atomic E-state index is 6.55. The first-order chi connectivity index (χ1) is 17.7. The van der Waals surface area contributed by atoms with Crippen LogP contribution in [0.5, 0.6) is 5.75 Å². The molecule has 0 bridgehead atoms. The molecule has 3 aromatic heterocycles. The predicted molar refractivity (Wildman–Crippen MR) is 135 cm³/mol. The molecule has 1 saturated heterocycles. The predicted octanol–water partition coefficient (Wildman–Crippen LogP) is 4.02. The van der Waals surface area contributed by atoms with Crippen molar-refractivity contribution >= 4 is 22.5 Å². The molecule has 186 valence electrons. The van der Waals surface area contributed by atoms with E-state index in [-0.39, 0.29) is 6.10 Å². The number of morpholine rings is 1. The fraction of sp³-hybridized carbons (Fsp3) is 0.423. The number of benzene rings is 1. The van der Waals surface area contributed by atoms with Crippen LogP contribution in [-0.4, -0.2) is 63.6 Å². The SMILES string of the molecule is Cc1nc(NC2CCC(Oc3cc(N4CCOCC4)cc4nccnc34)CC2)ccc1-c1nnco1. The number of hydrogen-bond acceptors (Lipinski definition) is 10. The zero-order chi connectivity index (χ0) is 24.3. The van der Waals surface area contributed by atoms with E-state index in [4.69, 9.17) is 18.9 Å². The Labute approximate surface area is 209 Å². The van der Waals surface area contributed by atoms with Crippen molar-refractivity contribution in [3.05, 3.63) is 48.7 Å². The summed E-state index contributed by atoms with van der Waals surface area (Å²) in [6.45, 7) is 5.16. The third-order valence-corrected chi connectivity index (χ3v) is 6.90. The van der Waals surface area contributed by atoms with Gasteiger partial charge in [-0.3, -0.25) is 4.98 Å². The van der Waals surface area contributed by atoms with E-state index in [1.54, 1.807) is 12.4 Å². The third kappa shape index (κ3) is 4.81. The van der Waals surface area contributed by atoms with E-state index in [1.807, 2.05) is 19.1 Å². The highest BCUT2D eigenvalue weighted by atomic mass is 16.5. The first-order valence-electron chi connectivity index (χ1n) is 12.5. The van der Waals surface area contributed by atoms with Crippen molar-refractivity contribution < 1.29 is 13.9 Å². The van der Waals surface area contributed by atoms with Gasteiger partial charge < -0.3 is 24.1 Å². The molecule has 4 aromatic rings. The molecule has 1 aliphatic heterocycles. The van der Waals surface area contributed by atoms with Crippen molar-refractivity contribution in [3.8, 4) is 17.2 Å². The number of pyridine rings is 1. The molecule has 1 saturated carbocycles. The lowest BCUT2D eigenvalue weighted by Crippen LogP contribution is -2.36. The Balaban J connectivity index is 1.11. The minimum absolute atomic E-state index is 0.141. The van der Waals surface area contributed by atoms with E-state index in [0.29, 0.717) is 11.9 Å². The maximum Gasteiger partial charge on any atom is 0.249 e. The van der Waals surface area contributed by atoms with Gasteiger partial charge in [-0.2, -0.15) is 0 Å². The molecular weight excluding hydrogens is 458 g/mol. The van der Waals surface area contributed by atoms with Crippen LogP contribution in [0.15, 0.2) is 47.5 Å². The summed E-state index contributed by atoms with van der Waals surface area (Å²) in [5.41, 5.74) is 4.49. The van der Waals surface area contributed by atoms with Crippen LogP contribution in [-0.2, 0) is 4.74 Å². The number of fused-ring (bicyclic) bond motifs is 1. The van der Waals surface area contributed by atoms with E-state index in [0.717, 1.165) is 91.5 Å². The number of hydrogen-bond donors (Lipinski definition) is 1. The smallest absolute Gasteiger partial charge is 0.249 e. The Morgan fingerprint density at radius 2 is 1.86 bits per heavy atom. The van der Waals surface area contributed by atoms with Gasteiger partial charge in [0.25, 0.3) is 0 Å². The van der Waals surface area contributed by atoms with Gasteiger partial charge in [-0.15, -0.1) is 10.2 Å². The van der Waals surface area contributed by atoms with E-state index in [2.05, 4.69) is 42.5 Å². The van der Waals surface area contributed by atoms with E-state index in [1.165, 1.54) is 6.39 Å². The number of rotatable bonds is 6. The number of nitrogens with zero attached hydrogens (tertiary/aromatic N) is 6. The maximum atomic E-state index is 6.55. The summed E-state index contributed by atoms with van der Waals surface area (Å²) in [5.74, 6) is 2.16. The molecule has 0 spiro atoms. The Bertz CT molecular complexity index is 1320. The second-order valence-electron chi connectivity index (χ2n) is 9.28. The molecule has 0 unspecified atom stereocenters. The van der Waals surface area contributed by atoms with Gasteiger partial charge in [0, 0.05) is 43.3 Å². The monoisotopic (exact) mass is 487 g/mol. The van der Waals surface area contributed by atoms with Gasteiger partial charge in [0.2, 0.25) is 12.3 Å². The molecule has 1 aliphatic carbocycles. The van der Waals surface area contributed by atoms with Gasteiger partial charge in [-0.25, -0.2) is 9.97 Å². The summed E-state index contributed by atoms with van der Waals surface area (Å²) >= 11 is 0. The van der Waals surface area contributed by atoms with E-state index >= 15 is 0 Å². The van der Waals surface area contributed by atoms with Crippen molar-refractivity contribution in [3.63, 3.8) is 0 Å². The van der Waals surface area contributed by atoms with E-state index < -0.39 is 0 Å². The Hall–Kier alpha value is -3.79. The van der Waals surface area contributed by atoms with Gasteiger partial charge in [0.05, 0.1) is 36.1 Å². The van der Waals surface area contributed by atoms with Crippen LogP contribution >= 0.6 is 0 Å². The lowest BCUT2D eigenvalue weighted by molar-refractivity contribution is 0.122. The summed E-state index contributed by atoms with van der Waals surface area (Å²) in [6.07, 6.45) is 8.85. The molecule has 2 aliphatic rings. The summed E-state index contributed by atoms with van der Waals surface area (Å²) in [6, 6.07) is 8.50. The Morgan fingerprint density at radius 3 is 2.64 bits per heavy atom. The highest BCUT2D eigenvalue weighted by Crippen LogP contribution is 2.33. The minimum atomic E-state index is 0.141. The quantitative estimate of drug-likeness (QED) is 0.428. The van der Waals surface area contributed by atoms with Crippen molar-refractivity contribution in [2.45, 2.75) is 44.8 Å². The lowest BCUT2D eigenvalue weighted by Gasteiger charge is -2.31. The second kappa shape index (κ2) is 10.1. The molecule has 0 amide bonds. The molecule has 4 heterocycles. The fourth-order valence-corrected chi connectivity index (χ4v) is 4.99. The molecule has 1 aromatic carbocycles. The Morgan fingerprint density at radius 1 is 1.03 bits per heavy atom. The summed E-state index contributed by atoms with van der Waals surface area (Å²) in [7, 11) is 0. The van der Waals surface area contributed by atoms with Crippen LogP contribution in [0.2, 0.25) is 0 Å². The first kappa shape index (κ1) is 22.7. The number of anilines is 2. The van der Waals surface area contributed by atoms with Gasteiger partial charge in [-0.1, -0.05) is 0 Å². The number of aryl methyl sites for hydroxylation is 1. The first-order valence-corrected chi connectivity index (χ1v) is 12.5. The molecular formula is C26H29N7O3. The molecule has 6 rings (SSSR count). The normalized spacial score (nSPS) is 20.4. The summed E-state index contributed by atoms with van der Waals surface area (Å²) < 4.78 is 17.4. The van der Waals surface area contributed by atoms with Crippen molar-refractivity contribution in [2.24, 2.45) is 0 Å². The van der Waals surface area contributed by atoms with Crippen molar-refractivity contribution in [1.29, 1.82) is 0 Å². The van der Waals surface area contributed by atoms with E-state index in [9.17, 15) is 0 Å². The van der Waals surface area contributed by atoms with Crippen LogP contribution in [0.25, 0.3) is 22.5 Å². The second-order valence-corrected chi connectivity index (χ2v) is 9.28. The number of aromatic nitrogens is 5. The number of ether oxygens (including phenoxy) is 2. The average molecular weight is 488 g/mol. The fourth-order valence-electron chi connectivity index (χ4n) is 4.99. The molecule has 36 heavy (non-hydrogen) atoms. The highest BCUT2D eigenvalue weighted by molar-refractivity contribution is 5.85. The molecule has 1 N–H and O–H groups in total. The highest BCUT2D eigenvalue weighted by Gasteiger charge is 2.24. The van der Waals surface area contributed by atoms with Crippen molar-refractivity contribution in [1.82, 2.24) is 25.1 Å². The molecule has 10 heteroatoms. The standard InChI is InChI=1S/C26H29N7O3/c1-17-21(26-32-29-16-35-26)6-7-24(30-17)31-18-2-4-20(5-3-18)36-23-15-19(33-10-12-34-13-11-33)14-22-25(23)28-9-8-27-22/h6-9,14-16,18,20H,2-5,10-13H2,1H3,(H,30,31). The van der Waals surface area contributed by atoms with Crippen LogP contribution < -0.4 is 15.0 Å². The molecule has 10 nitrogen and oxygen atoms in total. The summed E-state index contributed by atoms with van der Waals surface area (Å²) in [4.78, 5) is 16.1. The van der Waals surface area contributed by atoms with Gasteiger partial charge in [0.1, 0.15) is 17.1 Å².